The molecule has 2 aliphatic heterocycles. The van der Waals surface area contributed by atoms with Gasteiger partial charge >= 0.3 is 0 Å². The van der Waals surface area contributed by atoms with Crippen LogP contribution in [-0.4, -0.2) is 59.9 Å². The van der Waals surface area contributed by atoms with E-state index in [1.807, 2.05) is 6.08 Å². The fraction of sp³-hybridized carbons (Fsp3) is 0.296. The molecule has 184 valence electrons. The number of nitriles is 1. The Morgan fingerprint density at radius 2 is 1.86 bits per heavy atom. The van der Waals surface area contributed by atoms with Crippen LogP contribution in [0, 0.1) is 25.2 Å². The van der Waals surface area contributed by atoms with Gasteiger partial charge in [-0.1, -0.05) is 35.3 Å². The smallest absolute Gasteiger partial charge is 0.242 e. The summed E-state index contributed by atoms with van der Waals surface area (Å²) in [6, 6.07) is 13.9. The lowest BCUT2D eigenvalue weighted by Gasteiger charge is -2.37. The Kier molecular flexibility index (Phi) is 6.76. The van der Waals surface area contributed by atoms with Crippen LogP contribution >= 0.6 is 23.2 Å². The van der Waals surface area contributed by atoms with Crippen LogP contribution in [0.5, 0.6) is 0 Å². The van der Waals surface area contributed by atoms with Gasteiger partial charge in [-0.2, -0.15) is 10.4 Å². The molecule has 0 unspecified atom stereocenters. The van der Waals surface area contributed by atoms with Crippen molar-refractivity contribution in [2.45, 2.75) is 13.8 Å². The van der Waals surface area contributed by atoms with E-state index >= 15 is 0 Å². The van der Waals surface area contributed by atoms with E-state index in [1.165, 1.54) is 23.0 Å². The van der Waals surface area contributed by atoms with E-state index in [9.17, 15) is 10.1 Å². The zero-order valence-corrected chi connectivity index (χ0v) is 21.7. The second kappa shape index (κ2) is 9.98. The molecule has 2 aromatic carbocycles. The van der Waals surface area contributed by atoms with Crippen LogP contribution in [-0.2, 0) is 4.79 Å². The van der Waals surface area contributed by atoms with Crippen LogP contribution in [0.3, 0.4) is 0 Å². The highest BCUT2D eigenvalue weighted by Crippen LogP contribution is 2.35. The molecule has 0 atom stereocenters. The molecule has 0 aliphatic carbocycles. The third-order valence-electron chi connectivity index (χ3n) is 6.76. The molecule has 1 aromatic heterocycles. The Morgan fingerprint density at radius 1 is 1.08 bits per heavy atom. The van der Waals surface area contributed by atoms with Crippen molar-refractivity contribution in [2.75, 3.05) is 49.1 Å². The molecule has 1 amide bonds. The number of nitrogens with zero attached hydrogens (tertiary/aromatic N) is 6. The summed E-state index contributed by atoms with van der Waals surface area (Å²) in [4.78, 5) is 19.6. The number of aryl methyl sites for hydroxylation is 2. The Morgan fingerprint density at radius 3 is 2.61 bits per heavy atom. The third-order valence-corrected chi connectivity index (χ3v) is 7.32. The molecular formula is C27H26Cl2N6O. The zero-order valence-electron chi connectivity index (χ0n) is 20.2. The number of benzene rings is 2. The highest BCUT2D eigenvalue weighted by Gasteiger charge is 2.31. The van der Waals surface area contributed by atoms with E-state index in [0.29, 0.717) is 39.2 Å². The lowest BCUT2D eigenvalue weighted by atomic mass is 10.1. The molecular weight excluding hydrogens is 495 g/mol. The standard InChI is InChI=1S/C27H26Cl2N6O/c1-18-3-4-19(2)25(13-18)33-11-9-32(10-12-33)17-26(36)34-8-7-24(22-14-21(28)5-6-23(22)29)35-27(34)20(15-30)16-31-35/h3-7,13-14,16H,8-12,17H2,1-2H3. The van der Waals surface area contributed by atoms with Crippen molar-refractivity contribution in [2.24, 2.45) is 0 Å². The normalized spacial score (nSPS) is 15.9. The van der Waals surface area contributed by atoms with E-state index in [4.69, 9.17) is 23.2 Å². The summed E-state index contributed by atoms with van der Waals surface area (Å²) in [5.41, 5.74) is 5.51. The van der Waals surface area contributed by atoms with Gasteiger partial charge in [-0.05, 0) is 55.3 Å². The van der Waals surface area contributed by atoms with Gasteiger partial charge < -0.3 is 4.90 Å². The van der Waals surface area contributed by atoms with Crippen molar-refractivity contribution in [3.63, 3.8) is 0 Å². The topological polar surface area (TPSA) is 68.4 Å². The summed E-state index contributed by atoms with van der Waals surface area (Å²) in [6.07, 6.45) is 3.38. The fourth-order valence-corrected chi connectivity index (χ4v) is 5.22. The molecule has 5 rings (SSSR count). The monoisotopic (exact) mass is 520 g/mol. The number of piperazine rings is 1. The molecule has 3 heterocycles. The number of halogens is 2. The summed E-state index contributed by atoms with van der Waals surface area (Å²) >= 11 is 12.6. The van der Waals surface area contributed by atoms with E-state index in [0.717, 1.165) is 26.2 Å². The van der Waals surface area contributed by atoms with E-state index in [2.05, 4.69) is 53.0 Å². The number of carbonyl (C=O) groups excluding carboxylic acids is 1. The van der Waals surface area contributed by atoms with Gasteiger partial charge in [0.25, 0.3) is 0 Å². The molecule has 0 bridgehead atoms. The Labute approximate surface area is 220 Å². The highest BCUT2D eigenvalue weighted by molar-refractivity contribution is 6.34. The molecule has 36 heavy (non-hydrogen) atoms. The second-order valence-electron chi connectivity index (χ2n) is 9.18. The second-order valence-corrected chi connectivity index (χ2v) is 10.0. The van der Waals surface area contributed by atoms with Gasteiger partial charge in [0, 0.05) is 49.0 Å². The number of rotatable bonds is 4. The van der Waals surface area contributed by atoms with Crippen LogP contribution in [0.25, 0.3) is 5.70 Å². The van der Waals surface area contributed by atoms with E-state index < -0.39 is 0 Å². The molecule has 0 spiro atoms. The predicted molar refractivity (Wildman–Crippen MR) is 144 cm³/mol. The third kappa shape index (κ3) is 4.60. The summed E-state index contributed by atoms with van der Waals surface area (Å²) in [5, 5.41) is 15.2. The first-order valence-corrected chi connectivity index (χ1v) is 12.6. The van der Waals surface area contributed by atoms with Crippen LogP contribution in [0.2, 0.25) is 10.0 Å². The Hall–Kier alpha value is -3.31. The van der Waals surface area contributed by atoms with Gasteiger partial charge in [0.05, 0.1) is 23.5 Å². The quantitative estimate of drug-likeness (QED) is 0.497. The zero-order chi connectivity index (χ0) is 25.4. The predicted octanol–water partition coefficient (Wildman–Crippen LogP) is 4.74. The van der Waals surface area contributed by atoms with Gasteiger partial charge in [-0.25, -0.2) is 4.68 Å². The van der Waals surface area contributed by atoms with Gasteiger partial charge in [-0.15, -0.1) is 0 Å². The average Bonchev–Trinajstić information content (AvgIpc) is 3.31. The average molecular weight is 521 g/mol. The lowest BCUT2D eigenvalue weighted by molar-refractivity contribution is -0.119. The number of fused-ring (bicyclic) bond motifs is 1. The number of aromatic nitrogens is 2. The SMILES string of the molecule is Cc1ccc(C)c(N2CCN(CC(=O)N3CC=C(c4cc(Cl)ccc4Cl)n4ncc(C#N)c43)CC2)c1. The fourth-order valence-electron chi connectivity index (χ4n) is 4.83. The lowest BCUT2D eigenvalue weighted by Crippen LogP contribution is -2.51. The van der Waals surface area contributed by atoms with Crippen LogP contribution in [0.4, 0.5) is 11.5 Å². The first kappa shape index (κ1) is 24.4. The minimum atomic E-state index is -0.0686. The first-order valence-electron chi connectivity index (χ1n) is 11.8. The molecule has 0 N–H and O–H groups in total. The molecule has 9 heteroatoms. The molecule has 0 saturated carbocycles. The van der Waals surface area contributed by atoms with Gasteiger partial charge in [0.2, 0.25) is 5.91 Å². The highest BCUT2D eigenvalue weighted by atomic mass is 35.5. The molecule has 1 saturated heterocycles. The van der Waals surface area contributed by atoms with Crippen molar-refractivity contribution in [3.8, 4) is 6.07 Å². The Bertz CT molecular complexity index is 1400. The Balaban J connectivity index is 1.32. The number of anilines is 2. The van der Waals surface area contributed by atoms with E-state index in [-0.39, 0.29) is 12.5 Å². The minimum absolute atomic E-state index is 0.0686. The van der Waals surface area contributed by atoms with Gasteiger partial charge in [-0.3, -0.25) is 14.6 Å². The molecule has 0 radical (unpaired) electrons. The molecule has 3 aromatic rings. The van der Waals surface area contributed by atoms with E-state index in [1.54, 1.807) is 27.8 Å². The summed E-state index contributed by atoms with van der Waals surface area (Å²) in [7, 11) is 0. The van der Waals surface area contributed by atoms with Crippen LogP contribution in [0.1, 0.15) is 22.3 Å². The van der Waals surface area contributed by atoms with Crippen LogP contribution in [0.15, 0.2) is 48.7 Å². The number of carbonyl (C=O) groups is 1. The maximum Gasteiger partial charge on any atom is 0.242 e. The van der Waals surface area contributed by atoms with Crippen molar-refractivity contribution < 1.29 is 4.79 Å². The molecule has 1 fully saturated rings. The minimum Gasteiger partial charge on any atom is -0.369 e. The van der Waals surface area contributed by atoms with Crippen LogP contribution < -0.4 is 9.80 Å². The largest absolute Gasteiger partial charge is 0.369 e. The van der Waals surface area contributed by atoms with Gasteiger partial charge in [0.1, 0.15) is 11.6 Å². The summed E-state index contributed by atoms with van der Waals surface area (Å²) in [5.74, 6) is 0.394. The summed E-state index contributed by atoms with van der Waals surface area (Å²) in [6.45, 7) is 8.13. The first-order chi connectivity index (χ1) is 17.4. The maximum absolute atomic E-state index is 13.5. The molecule has 2 aliphatic rings. The van der Waals surface area contributed by atoms with Crippen molar-refractivity contribution in [3.05, 3.63) is 81.0 Å². The van der Waals surface area contributed by atoms with Crippen molar-refractivity contribution in [1.29, 1.82) is 5.26 Å². The molecule has 7 nitrogen and oxygen atoms in total. The maximum atomic E-state index is 13.5. The van der Waals surface area contributed by atoms with Crippen molar-refractivity contribution in [1.82, 2.24) is 14.7 Å². The number of amides is 1. The van der Waals surface area contributed by atoms with Gasteiger partial charge in [0.15, 0.2) is 5.82 Å². The summed E-state index contributed by atoms with van der Waals surface area (Å²) < 4.78 is 1.61. The van der Waals surface area contributed by atoms with Crippen molar-refractivity contribution >= 4 is 46.3 Å². The number of hydrogen-bond acceptors (Lipinski definition) is 5. The number of hydrogen-bond donors (Lipinski definition) is 0.